The second kappa shape index (κ2) is 7.02. The first kappa shape index (κ1) is 17.5. The van der Waals surface area contributed by atoms with E-state index in [2.05, 4.69) is 5.32 Å². The quantitative estimate of drug-likeness (QED) is 0.899. The molecule has 1 saturated heterocycles. The summed E-state index contributed by atoms with van der Waals surface area (Å²) in [6, 6.07) is 10.3. The van der Waals surface area contributed by atoms with Crippen LogP contribution in [0.1, 0.15) is 46.8 Å². The van der Waals surface area contributed by atoms with Crippen LogP contribution in [-0.2, 0) is 11.2 Å². The van der Waals surface area contributed by atoms with Gasteiger partial charge in [0.15, 0.2) is 0 Å². The smallest absolute Gasteiger partial charge is 0.257 e. The molecule has 1 unspecified atom stereocenters. The Morgan fingerprint density at radius 3 is 2.89 bits per heavy atom. The van der Waals surface area contributed by atoms with E-state index in [4.69, 9.17) is 4.74 Å². The number of carbonyl (C=O) groups is 2. The first-order valence-corrected chi connectivity index (χ1v) is 9.14. The van der Waals surface area contributed by atoms with Gasteiger partial charge < -0.3 is 15.0 Å². The number of anilines is 1. The highest BCUT2D eigenvalue weighted by Gasteiger charge is 2.34. The lowest BCUT2D eigenvalue weighted by Crippen LogP contribution is -2.32. The maximum atomic E-state index is 14.7. The van der Waals surface area contributed by atoms with Gasteiger partial charge in [-0.25, -0.2) is 4.39 Å². The van der Waals surface area contributed by atoms with Gasteiger partial charge in [0.2, 0.25) is 5.91 Å². The SMILES string of the molecule is COc1ccccc1C1CCCN1C(=O)c1cc2c(cc1F)NC(=O)CC2. The molecule has 2 aromatic carbocycles. The number of likely N-dealkylation sites (tertiary alicyclic amines) is 1. The van der Waals surface area contributed by atoms with Crippen LogP contribution in [0.15, 0.2) is 36.4 Å². The Morgan fingerprint density at radius 1 is 1.26 bits per heavy atom. The van der Waals surface area contributed by atoms with E-state index in [0.717, 1.165) is 29.7 Å². The van der Waals surface area contributed by atoms with Crippen LogP contribution in [0.2, 0.25) is 0 Å². The molecule has 27 heavy (non-hydrogen) atoms. The van der Waals surface area contributed by atoms with E-state index < -0.39 is 5.82 Å². The first-order chi connectivity index (χ1) is 13.1. The summed E-state index contributed by atoms with van der Waals surface area (Å²) in [6.07, 6.45) is 2.53. The van der Waals surface area contributed by atoms with E-state index in [1.165, 1.54) is 6.07 Å². The summed E-state index contributed by atoms with van der Waals surface area (Å²) < 4.78 is 20.1. The third-order valence-electron chi connectivity index (χ3n) is 5.33. The van der Waals surface area contributed by atoms with E-state index >= 15 is 0 Å². The topological polar surface area (TPSA) is 58.6 Å². The molecule has 1 atom stereocenters. The largest absolute Gasteiger partial charge is 0.496 e. The van der Waals surface area contributed by atoms with Gasteiger partial charge in [-0.1, -0.05) is 18.2 Å². The van der Waals surface area contributed by atoms with Gasteiger partial charge in [-0.3, -0.25) is 9.59 Å². The number of para-hydroxylation sites is 1. The van der Waals surface area contributed by atoms with E-state index in [0.29, 0.717) is 25.1 Å². The van der Waals surface area contributed by atoms with Crippen molar-refractivity contribution in [3.63, 3.8) is 0 Å². The molecule has 2 amide bonds. The predicted octanol–water partition coefficient (Wildman–Crippen LogP) is 3.70. The van der Waals surface area contributed by atoms with Crippen molar-refractivity contribution in [2.45, 2.75) is 31.7 Å². The van der Waals surface area contributed by atoms with Crippen LogP contribution in [0.4, 0.5) is 10.1 Å². The summed E-state index contributed by atoms with van der Waals surface area (Å²) >= 11 is 0. The summed E-state index contributed by atoms with van der Waals surface area (Å²) in [5.41, 5.74) is 2.26. The fourth-order valence-electron chi connectivity index (χ4n) is 4.00. The van der Waals surface area contributed by atoms with Gasteiger partial charge in [-0.05, 0) is 43.0 Å². The molecule has 2 aliphatic heterocycles. The predicted molar refractivity (Wildman–Crippen MR) is 99.4 cm³/mol. The minimum absolute atomic E-state index is 0.0618. The normalized spacial score (nSPS) is 18.8. The average molecular weight is 368 g/mol. The molecule has 4 rings (SSSR count). The zero-order valence-corrected chi connectivity index (χ0v) is 15.1. The Bertz CT molecular complexity index is 912. The number of aryl methyl sites for hydroxylation is 1. The van der Waals surface area contributed by atoms with Crippen molar-refractivity contribution >= 4 is 17.5 Å². The number of hydrogen-bond donors (Lipinski definition) is 1. The van der Waals surface area contributed by atoms with Crippen molar-refractivity contribution in [2.24, 2.45) is 0 Å². The maximum absolute atomic E-state index is 14.7. The van der Waals surface area contributed by atoms with Gasteiger partial charge in [0.1, 0.15) is 11.6 Å². The molecule has 2 heterocycles. The highest BCUT2D eigenvalue weighted by atomic mass is 19.1. The van der Waals surface area contributed by atoms with E-state index in [1.54, 1.807) is 18.1 Å². The van der Waals surface area contributed by atoms with Crippen molar-refractivity contribution < 1.29 is 18.7 Å². The van der Waals surface area contributed by atoms with Crippen molar-refractivity contribution in [1.29, 1.82) is 0 Å². The number of methoxy groups -OCH3 is 1. The van der Waals surface area contributed by atoms with Crippen LogP contribution in [0.5, 0.6) is 5.75 Å². The second-order valence-electron chi connectivity index (χ2n) is 6.94. The monoisotopic (exact) mass is 368 g/mol. The molecular weight excluding hydrogens is 347 g/mol. The average Bonchev–Trinajstić information content (AvgIpc) is 3.16. The van der Waals surface area contributed by atoms with Crippen molar-refractivity contribution in [3.8, 4) is 5.75 Å². The van der Waals surface area contributed by atoms with Crippen LogP contribution < -0.4 is 10.1 Å². The number of amides is 2. The molecule has 0 bridgehead atoms. The van der Waals surface area contributed by atoms with Gasteiger partial charge in [0, 0.05) is 24.2 Å². The number of ether oxygens (including phenoxy) is 1. The summed E-state index contributed by atoms with van der Waals surface area (Å²) in [4.78, 5) is 26.4. The van der Waals surface area contributed by atoms with Crippen LogP contribution in [-0.4, -0.2) is 30.4 Å². The van der Waals surface area contributed by atoms with Gasteiger partial charge in [0.25, 0.3) is 5.91 Å². The summed E-state index contributed by atoms with van der Waals surface area (Å²) in [5.74, 6) is -0.320. The molecule has 1 fully saturated rings. The maximum Gasteiger partial charge on any atom is 0.257 e. The zero-order chi connectivity index (χ0) is 19.0. The standard InChI is InChI=1S/C21H21FN2O3/c1-27-19-7-3-2-5-14(19)18-6-4-10-24(18)21(26)15-11-13-8-9-20(25)23-17(13)12-16(15)22/h2-3,5,7,11-12,18H,4,6,8-10H2,1H3,(H,23,25). The molecule has 0 saturated carbocycles. The molecule has 2 aliphatic rings. The molecular formula is C21H21FN2O3. The van der Waals surface area contributed by atoms with Gasteiger partial charge in [0.05, 0.1) is 18.7 Å². The minimum Gasteiger partial charge on any atom is -0.496 e. The Labute approximate surface area is 157 Å². The summed E-state index contributed by atoms with van der Waals surface area (Å²) in [6.45, 7) is 0.578. The van der Waals surface area contributed by atoms with Crippen molar-refractivity contribution in [1.82, 2.24) is 4.90 Å². The van der Waals surface area contributed by atoms with Crippen molar-refractivity contribution in [2.75, 3.05) is 19.0 Å². The fourth-order valence-corrected chi connectivity index (χ4v) is 4.00. The molecule has 0 aromatic heterocycles. The third kappa shape index (κ3) is 3.16. The third-order valence-corrected chi connectivity index (χ3v) is 5.33. The van der Waals surface area contributed by atoms with Crippen LogP contribution >= 0.6 is 0 Å². The molecule has 0 spiro atoms. The molecule has 0 aliphatic carbocycles. The summed E-state index contributed by atoms with van der Waals surface area (Å²) in [7, 11) is 1.61. The lowest BCUT2D eigenvalue weighted by atomic mass is 9.98. The number of nitrogens with one attached hydrogen (secondary N) is 1. The van der Waals surface area contributed by atoms with Crippen LogP contribution in [0.3, 0.4) is 0 Å². The van der Waals surface area contributed by atoms with Crippen LogP contribution in [0, 0.1) is 5.82 Å². The number of hydrogen-bond acceptors (Lipinski definition) is 3. The number of carbonyl (C=O) groups excluding carboxylic acids is 2. The molecule has 0 radical (unpaired) electrons. The molecule has 2 aromatic rings. The lowest BCUT2D eigenvalue weighted by molar-refractivity contribution is -0.116. The molecule has 6 heteroatoms. The first-order valence-electron chi connectivity index (χ1n) is 9.14. The number of rotatable bonds is 3. The zero-order valence-electron chi connectivity index (χ0n) is 15.1. The minimum atomic E-state index is -0.605. The highest BCUT2D eigenvalue weighted by Crippen LogP contribution is 2.38. The molecule has 5 nitrogen and oxygen atoms in total. The van der Waals surface area contributed by atoms with E-state index in [9.17, 15) is 14.0 Å². The van der Waals surface area contributed by atoms with E-state index in [1.807, 2.05) is 24.3 Å². The van der Waals surface area contributed by atoms with E-state index in [-0.39, 0.29) is 23.4 Å². The Balaban J connectivity index is 1.67. The number of fused-ring (bicyclic) bond motifs is 1. The van der Waals surface area contributed by atoms with Gasteiger partial charge >= 0.3 is 0 Å². The Hall–Kier alpha value is -2.89. The second-order valence-corrected chi connectivity index (χ2v) is 6.94. The van der Waals surface area contributed by atoms with Gasteiger partial charge in [-0.15, -0.1) is 0 Å². The molecule has 140 valence electrons. The summed E-state index contributed by atoms with van der Waals surface area (Å²) in [5, 5.41) is 2.67. The fraction of sp³-hybridized carbons (Fsp3) is 0.333. The van der Waals surface area contributed by atoms with Crippen molar-refractivity contribution in [3.05, 3.63) is 58.9 Å². The lowest BCUT2D eigenvalue weighted by Gasteiger charge is -2.27. The molecule has 1 N–H and O–H groups in total. The Morgan fingerprint density at radius 2 is 2.07 bits per heavy atom. The number of halogens is 1. The van der Waals surface area contributed by atoms with Crippen LogP contribution in [0.25, 0.3) is 0 Å². The number of nitrogens with zero attached hydrogens (tertiary/aromatic N) is 1. The highest BCUT2D eigenvalue weighted by molar-refractivity contribution is 5.98. The Kier molecular flexibility index (Phi) is 4.56. The number of benzene rings is 2. The van der Waals surface area contributed by atoms with Gasteiger partial charge in [-0.2, -0.15) is 0 Å².